The number of hydrogen-bond donors (Lipinski definition) is 19. The SMILES string of the molecule is CC[C@@](C)(NC(=O)CNC(=O)[C@@](C)(CC)NC(=O)[C@H](CCC(N)=O)NC(=O)C(C)(C)NC(=O)[C@H](Cc1c[nH]c2ccccc12)NC(C)=O)C(=O)N[C@@H](C)C(=O)NC(C)(C)C(=O)NC(C)(C)C(=O)NCC(=O)N[C@@H](CCC(N)=O)C(=O)N[C@](C)(CC)C(=O)N1C[C@H](O)C[C@H]1C(=O)NC(C)(C)C(=O)N1CCC[C@H]1C(=O)N[C@H](CO)Cc1ccccc1. The third-order valence-corrected chi connectivity index (χ3v) is 21.3. The number of carbonyl (C=O) groups is 18. The number of aliphatic hydroxyl groups excluding tert-OH is 2. The van der Waals surface area contributed by atoms with Crippen LogP contribution in [0, 0.1) is 0 Å². The molecule has 3 aromatic rings. The molecule has 2 aliphatic heterocycles. The summed E-state index contributed by atoms with van der Waals surface area (Å²) in [6.07, 6.45) is -0.545. The molecule has 0 unspecified atom stereocenters. The normalized spacial score (nSPS) is 17.6. The number of primary amides is 2. The molecule has 2 aromatic carbocycles. The fourth-order valence-corrected chi connectivity index (χ4v) is 13.3. The number of amides is 18. The number of nitrogens with zero attached hydrogens (tertiary/aromatic N) is 2. The molecule has 2 aliphatic rings. The van der Waals surface area contributed by atoms with Crippen molar-refractivity contribution < 1.29 is 96.5 Å². The summed E-state index contributed by atoms with van der Waals surface area (Å²) in [6, 6.07) is 7.95. The van der Waals surface area contributed by atoms with E-state index in [1.54, 1.807) is 20.0 Å². The molecule has 39 nitrogen and oxygen atoms in total. The largest absolute Gasteiger partial charge is 0.394 e. The molecule has 0 saturated carbocycles. The van der Waals surface area contributed by atoms with Crippen LogP contribution in [0.2, 0.25) is 0 Å². The Bertz CT molecular complexity index is 4280. The van der Waals surface area contributed by atoms with Gasteiger partial charge in [-0.1, -0.05) is 69.3 Å². The predicted octanol–water partition coefficient (Wildman–Crippen LogP) is -3.44. The van der Waals surface area contributed by atoms with Crippen LogP contribution in [0.4, 0.5) is 0 Å². The smallest absolute Gasteiger partial charge is 0.248 e. The van der Waals surface area contributed by atoms with Gasteiger partial charge in [0.2, 0.25) is 106 Å². The monoisotopic (exact) mass is 1670 g/mol. The Balaban J connectivity index is 1.12. The summed E-state index contributed by atoms with van der Waals surface area (Å²) in [7, 11) is 0. The predicted molar refractivity (Wildman–Crippen MR) is 433 cm³/mol. The van der Waals surface area contributed by atoms with E-state index in [-0.39, 0.29) is 58.2 Å². The number of aromatic amines is 1. The van der Waals surface area contributed by atoms with Gasteiger partial charge in [0, 0.05) is 62.8 Å². The van der Waals surface area contributed by atoms with Crippen molar-refractivity contribution >= 4 is 117 Å². The zero-order valence-corrected chi connectivity index (χ0v) is 70.7. The minimum atomic E-state index is -1.85. The maximum atomic E-state index is 14.6. The van der Waals surface area contributed by atoms with Gasteiger partial charge in [-0.2, -0.15) is 0 Å². The van der Waals surface area contributed by atoms with Gasteiger partial charge in [-0.25, -0.2) is 0 Å². The quantitative estimate of drug-likeness (QED) is 0.0262. The molecule has 18 amide bonds. The fraction of sp³-hybridized carbons (Fsp3) is 0.600. The van der Waals surface area contributed by atoms with E-state index in [1.807, 2.05) is 54.6 Å². The second-order valence-corrected chi connectivity index (χ2v) is 33.1. The first kappa shape index (κ1) is 97.9. The van der Waals surface area contributed by atoms with E-state index in [4.69, 9.17) is 11.5 Å². The number of hydrogen-bond acceptors (Lipinski definition) is 20. The molecule has 0 radical (unpaired) electrons. The summed E-state index contributed by atoms with van der Waals surface area (Å²) in [4.78, 5) is 251. The average Bonchev–Trinajstić information content (AvgIpc) is 1.67. The van der Waals surface area contributed by atoms with Gasteiger partial charge in [-0.15, -0.1) is 0 Å². The van der Waals surface area contributed by atoms with Crippen LogP contribution < -0.4 is 85.9 Å². The van der Waals surface area contributed by atoms with Crippen molar-refractivity contribution in [3.05, 3.63) is 71.9 Å². The lowest BCUT2D eigenvalue weighted by Crippen LogP contribution is -2.66. The van der Waals surface area contributed by atoms with E-state index in [2.05, 4.69) is 79.4 Å². The minimum absolute atomic E-state index is 0.0381. The third kappa shape index (κ3) is 27.2. The number of fused-ring (bicyclic) bond motifs is 1. The number of aliphatic hydroxyl groups is 2. The van der Waals surface area contributed by atoms with E-state index in [0.717, 1.165) is 21.4 Å². The number of nitrogens with one attached hydrogen (secondary N) is 15. The highest BCUT2D eigenvalue weighted by molar-refractivity contribution is 6.03. The number of carbonyl (C=O) groups excluding carboxylic acids is 18. The average molecular weight is 1670 g/mol. The number of benzene rings is 2. The van der Waals surface area contributed by atoms with E-state index in [9.17, 15) is 96.5 Å². The molecule has 39 heteroatoms. The summed E-state index contributed by atoms with van der Waals surface area (Å²) in [6.45, 7) is 19.7. The molecular formula is C80H121N19O20. The van der Waals surface area contributed by atoms with Gasteiger partial charge < -0.3 is 111 Å². The summed E-state index contributed by atoms with van der Waals surface area (Å²) in [5.41, 5.74) is 0.809. The number of β-amino-alcohol motifs (C(OH)–C–C–N with tert-alkyl or cyclic N) is 1. The van der Waals surface area contributed by atoms with Crippen molar-refractivity contribution in [1.29, 1.82) is 0 Å². The molecule has 5 rings (SSSR count). The summed E-state index contributed by atoms with van der Waals surface area (Å²) >= 11 is 0. The lowest BCUT2D eigenvalue weighted by atomic mass is 9.94. The van der Waals surface area contributed by atoms with Gasteiger partial charge in [0.1, 0.15) is 75.0 Å². The molecule has 0 spiro atoms. The molecule has 656 valence electrons. The topological polar surface area (TPSA) is 590 Å². The van der Waals surface area contributed by atoms with Gasteiger partial charge in [0.15, 0.2) is 0 Å². The fourth-order valence-electron chi connectivity index (χ4n) is 13.3. The highest BCUT2D eigenvalue weighted by Crippen LogP contribution is 2.28. The Morgan fingerprint density at radius 2 is 1.03 bits per heavy atom. The number of likely N-dealkylation sites (tertiary alicyclic amines) is 2. The zero-order chi connectivity index (χ0) is 89.7. The molecule has 3 heterocycles. The van der Waals surface area contributed by atoms with Gasteiger partial charge in [0.25, 0.3) is 0 Å². The van der Waals surface area contributed by atoms with E-state index in [1.165, 1.54) is 102 Å². The van der Waals surface area contributed by atoms with Crippen LogP contribution in [-0.4, -0.2) is 251 Å². The Kier molecular flexibility index (Phi) is 34.3. The molecule has 21 N–H and O–H groups in total. The molecule has 1 aromatic heterocycles. The first-order chi connectivity index (χ1) is 55.3. The van der Waals surface area contributed by atoms with E-state index in [0.29, 0.717) is 24.8 Å². The highest BCUT2D eigenvalue weighted by atomic mass is 16.3. The van der Waals surface area contributed by atoms with Crippen molar-refractivity contribution in [1.82, 2.24) is 89.2 Å². The Hall–Kier alpha value is -11.6. The Labute approximate surface area is 691 Å². The van der Waals surface area contributed by atoms with Crippen LogP contribution in [0.25, 0.3) is 10.9 Å². The number of rotatable bonds is 43. The molecule has 119 heavy (non-hydrogen) atoms. The Morgan fingerprint density at radius 1 is 0.504 bits per heavy atom. The molecule has 0 aliphatic carbocycles. The van der Waals surface area contributed by atoms with Crippen molar-refractivity contribution in [3.63, 3.8) is 0 Å². The van der Waals surface area contributed by atoms with Crippen molar-refractivity contribution in [2.24, 2.45) is 11.5 Å². The molecule has 11 atom stereocenters. The maximum Gasteiger partial charge on any atom is 0.248 e. The first-order valence-corrected chi connectivity index (χ1v) is 39.7. The molecule has 0 bridgehead atoms. The number of aromatic nitrogens is 1. The lowest BCUT2D eigenvalue weighted by molar-refractivity contribution is -0.148. The van der Waals surface area contributed by atoms with Gasteiger partial charge in [-0.3, -0.25) is 86.3 Å². The van der Waals surface area contributed by atoms with Crippen LogP contribution in [-0.2, 0) is 99.1 Å². The van der Waals surface area contributed by atoms with Crippen molar-refractivity contribution in [2.75, 3.05) is 32.8 Å². The molecule has 2 saturated heterocycles. The molecule has 2 fully saturated rings. The second-order valence-electron chi connectivity index (χ2n) is 33.1. The standard InChI is InChI=1S/C80H121N19O20/c1-17-78(14,95-63(109)53(32-34-58(82)104)90-68(114)75(8,9)93-64(110)54(87-45(5)101)37-47-39-83-51-29-24-23-28-50(47)51)70(116)85-41-60(106)91-79(15,18-2)71(117)86-44(4)61(107)92-76(10,11)69(115)97-74(6,7)67(113)84-40-59(105)89-52(31-33-57(81)103)62(108)96-80(16,19-3)73(119)99-42-49(102)38-56(99)66(112)94-77(12,13)72(118)98-35-25-30-55(98)65(111)88-48(43-100)36-46-26-21-20-22-27-46/h20-24,26-29,39,44,48-49,52-56,83,100,102H,17-19,25,30-38,40-43H2,1-16H3,(H2,81,103)(H2,82,104)(H,84,113)(H,85,116)(H,86,117)(H,87,101)(H,88,111)(H,89,105)(H,90,114)(H,91,106)(H,92,107)(H,93,110)(H,94,112)(H,95,109)(H,96,108)(H,97,115)/t44-,48-,49+,52-,53-,54-,55-,56-,78+,79+,80+/m0/s1. The molecular weight excluding hydrogens is 1550 g/mol. The third-order valence-electron chi connectivity index (χ3n) is 21.3. The summed E-state index contributed by atoms with van der Waals surface area (Å²) in [5, 5.41) is 57.6. The first-order valence-electron chi connectivity index (χ1n) is 39.7. The van der Waals surface area contributed by atoms with Crippen LogP contribution in [0.5, 0.6) is 0 Å². The Morgan fingerprint density at radius 3 is 1.61 bits per heavy atom. The van der Waals surface area contributed by atoms with E-state index < -0.39 is 226 Å². The van der Waals surface area contributed by atoms with Crippen LogP contribution in [0.15, 0.2) is 60.8 Å². The zero-order valence-electron chi connectivity index (χ0n) is 70.7. The second kappa shape index (κ2) is 41.7. The van der Waals surface area contributed by atoms with Gasteiger partial charge in [-0.05, 0) is 152 Å². The highest BCUT2D eigenvalue weighted by Gasteiger charge is 2.50. The number of para-hydroxylation sites is 1. The minimum Gasteiger partial charge on any atom is -0.394 e. The summed E-state index contributed by atoms with van der Waals surface area (Å²) < 4.78 is 0. The lowest BCUT2D eigenvalue weighted by Gasteiger charge is -2.37. The van der Waals surface area contributed by atoms with Crippen LogP contribution in [0.3, 0.4) is 0 Å². The summed E-state index contributed by atoms with van der Waals surface area (Å²) in [5.74, 6) is -15.0. The maximum absolute atomic E-state index is 14.6. The van der Waals surface area contributed by atoms with Gasteiger partial charge in [0.05, 0.1) is 31.8 Å². The van der Waals surface area contributed by atoms with Gasteiger partial charge >= 0.3 is 0 Å². The van der Waals surface area contributed by atoms with Crippen molar-refractivity contribution in [2.45, 2.75) is 275 Å². The number of H-pyrrole nitrogens is 1. The van der Waals surface area contributed by atoms with Crippen LogP contribution in [0.1, 0.15) is 186 Å². The van der Waals surface area contributed by atoms with E-state index >= 15 is 0 Å². The number of nitrogens with two attached hydrogens (primary N) is 2. The van der Waals surface area contributed by atoms with Crippen LogP contribution >= 0.6 is 0 Å². The van der Waals surface area contributed by atoms with Crippen molar-refractivity contribution in [3.8, 4) is 0 Å².